The van der Waals surface area contributed by atoms with Gasteiger partial charge in [-0.1, -0.05) is 6.07 Å². The van der Waals surface area contributed by atoms with Crippen LogP contribution in [-0.2, 0) is 14.6 Å². The number of benzene rings is 1. The summed E-state index contributed by atoms with van der Waals surface area (Å²) in [6.07, 6.45) is 0.803. The summed E-state index contributed by atoms with van der Waals surface area (Å²) in [5.74, 6) is 0.666. The van der Waals surface area contributed by atoms with Crippen LogP contribution in [0.1, 0.15) is 18.4 Å². The maximum atomic E-state index is 12.0. The average molecular weight is 297 g/mol. The number of aryl methyl sites for hydroxylation is 1. The van der Waals surface area contributed by atoms with Gasteiger partial charge in [-0.3, -0.25) is 4.79 Å². The van der Waals surface area contributed by atoms with E-state index in [1.165, 1.54) is 0 Å². The molecule has 0 aliphatic carbocycles. The van der Waals surface area contributed by atoms with Crippen LogP contribution in [0.2, 0.25) is 0 Å². The number of hydrogen-bond donors (Lipinski definition) is 1. The van der Waals surface area contributed by atoms with Gasteiger partial charge in [0.1, 0.15) is 5.75 Å². The van der Waals surface area contributed by atoms with Gasteiger partial charge in [-0.15, -0.1) is 0 Å². The van der Waals surface area contributed by atoms with Gasteiger partial charge in [-0.25, -0.2) is 8.42 Å². The fourth-order valence-electron chi connectivity index (χ4n) is 2.42. The zero-order valence-corrected chi connectivity index (χ0v) is 12.5. The molecule has 1 fully saturated rings. The maximum Gasteiger partial charge on any atom is 0.224 e. The van der Waals surface area contributed by atoms with E-state index in [1.54, 1.807) is 13.2 Å². The van der Waals surface area contributed by atoms with Gasteiger partial charge in [-0.2, -0.15) is 0 Å². The first kappa shape index (κ1) is 14.8. The molecule has 1 saturated heterocycles. The van der Waals surface area contributed by atoms with E-state index in [2.05, 4.69) is 5.32 Å². The molecule has 0 saturated carbocycles. The van der Waals surface area contributed by atoms with Crippen molar-refractivity contribution in [1.82, 2.24) is 0 Å². The normalized spacial score (nSPS) is 20.6. The number of methoxy groups -OCH3 is 1. The van der Waals surface area contributed by atoms with Crippen molar-refractivity contribution in [2.24, 2.45) is 5.92 Å². The van der Waals surface area contributed by atoms with Gasteiger partial charge in [0, 0.05) is 6.42 Å². The second kappa shape index (κ2) is 5.83. The van der Waals surface area contributed by atoms with Crippen LogP contribution in [0.25, 0.3) is 0 Å². The zero-order valence-electron chi connectivity index (χ0n) is 11.7. The van der Waals surface area contributed by atoms with Crippen molar-refractivity contribution in [3.05, 3.63) is 23.8 Å². The number of carbonyl (C=O) groups excluding carboxylic acids is 1. The van der Waals surface area contributed by atoms with E-state index in [0.29, 0.717) is 17.9 Å². The Morgan fingerprint density at radius 2 is 2.20 bits per heavy atom. The van der Waals surface area contributed by atoms with Crippen LogP contribution in [0, 0.1) is 12.8 Å². The molecule has 5 nitrogen and oxygen atoms in total. The van der Waals surface area contributed by atoms with Crippen LogP contribution in [0.3, 0.4) is 0 Å². The minimum absolute atomic E-state index is 0.0733. The highest BCUT2D eigenvalue weighted by Gasteiger charge is 2.29. The Morgan fingerprint density at radius 1 is 1.45 bits per heavy atom. The van der Waals surface area contributed by atoms with Crippen molar-refractivity contribution in [2.45, 2.75) is 19.8 Å². The highest BCUT2D eigenvalue weighted by molar-refractivity contribution is 7.91. The summed E-state index contributed by atoms with van der Waals surface area (Å²) in [5, 5.41) is 2.80. The molecule has 1 aromatic carbocycles. The number of carbonyl (C=O) groups is 1. The molecule has 0 spiro atoms. The molecule has 0 unspecified atom stereocenters. The molecule has 1 aliphatic heterocycles. The van der Waals surface area contributed by atoms with E-state index >= 15 is 0 Å². The van der Waals surface area contributed by atoms with Gasteiger partial charge in [-0.05, 0) is 37.0 Å². The second-order valence-electron chi connectivity index (χ2n) is 5.23. The predicted molar refractivity (Wildman–Crippen MR) is 77.7 cm³/mol. The Hall–Kier alpha value is -1.56. The number of hydrogen-bond acceptors (Lipinski definition) is 4. The molecule has 1 heterocycles. The summed E-state index contributed by atoms with van der Waals surface area (Å²) >= 11 is 0. The molecule has 2 rings (SSSR count). The lowest BCUT2D eigenvalue weighted by Gasteiger charge is -2.12. The standard InChI is InChI=1S/C14H19NO4S/c1-10-3-4-13(19-2)12(7-10)15-14(16)8-11-5-6-20(17,18)9-11/h3-4,7,11H,5-6,8-9H2,1-2H3,(H,15,16)/t11-/m1/s1. The smallest absolute Gasteiger partial charge is 0.224 e. The molecule has 20 heavy (non-hydrogen) atoms. The third-order valence-corrected chi connectivity index (χ3v) is 5.27. The van der Waals surface area contributed by atoms with Gasteiger partial charge in [0.15, 0.2) is 9.84 Å². The lowest BCUT2D eigenvalue weighted by molar-refractivity contribution is -0.116. The summed E-state index contributed by atoms with van der Waals surface area (Å²) in [4.78, 5) is 12.0. The predicted octanol–water partition coefficient (Wildman–Crippen LogP) is 1.77. The molecule has 1 atom stereocenters. The summed E-state index contributed by atoms with van der Waals surface area (Å²) in [7, 11) is -1.39. The number of anilines is 1. The van der Waals surface area contributed by atoms with Crippen molar-refractivity contribution in [3.63, 3.8) is 0 Å². The first-order valence-electron chi connectivity index (χ1n) is 6.54. The number of amides is 1. The van der Waals surface area contributed by atoms with Crippen LogP contribution in [0.5, 0.6) is 5.75 Å². The SMILES string of the molecule is COc1ccc(C)cc1NC(=O)C[C@H]1CCS(=O)(=O)C1. The topological polar surface area (TPSA) is 72.5 Å². The molecule has 0 aromatic heterocycles. The molecule has 6 heteroatoms. The maximum absolute atomic E-state index is 12.0. The number of sulfone groups is 1. The van der Waals surface area contributed by atoms with E-state index in [1.807, 2.05) is 19.1 Å². The Morgan fingerprint density at radius 3 is 2.80 bits per heavy atom. The summed E-state index contributed by atoms with van der Waals surface area (Å²) in [5.41, 5.74) is 1.64. The van der Waals surface area contributed by atoms with Crippen molar-refractivity contribution in [3.8, 4) is 5.75 Å². The Balaban J connectivity index is 2.00. The zero-order chi connectivity index (χ0) is 14.8. The largest absolute Gasteiger partial charge is 0.495 e. The van der Waals surface area contributed by atoms with Crippen LogP contribution < -0.4 is 10.1 Å². The van der Waals surface area contributed by atoms with Gasteiger partial charge < -0.3 is 10.1 Å². The molecule has 1 aliphatic rings. The van der Waals surface area contributed by atoms with Crippen LogP contribution in [0.4, 0.5) is 5.69 Å². The lowest BCUT2D eigenvalue weighted by Crippen LogP contribution is -2.17. The van der Waals surface area contributed by atoms with Crippen molar-refractivity contribution < 1.29 is 17.9 Å². The van der Waals surface area contributed by atoms with E-state index in [9.17, 15) is 13.2 Å². The molecular weight excluding hydrogens is 278 g/mol. The highest BCUT2D eigenvalue weighted by atomic mass is 32.2. The van der Waals surface area contributed by atoms with E-state index in [4.69, 9.17) is 4.74 Å². The van der Waals surface area contributed by atoms with Gasteiger partial charge >= 0.3 is 0 Å². The molecule has 0 bridgehead atoms. The fraction of sp³-hybridized carbons (Fsp3) is 0.500. The summed E-state index contributed by atoms with van der Waals surface area (Å²) in [6, 6.07) is 5.53. The first-order valence-corrected chi connectivity index (χ1v) is 8.36. The van der Waals surface area contributed by atoms with Crippen LogP contribution >= 0.6 is 0 Å². The number of nitrogens with one attached hydrogen (secondary N) is 1. The molecular formula is C14H19NO4S. The van der Waals surface area contributed by atoms with E-state index in [0.717, 1.165) is 5.56 Å². The molecule has 1 amide bonds. The summed E-state index contributed by atoms with van der Waals surface area (Å²) in [6.45, 7) is 1.93. The Bertz CT molecular complexity index is 610. The third kappa shape index (κ3) is 3.72. The second-order valence-corrected chi connectivity index (χ2v) is 7.45. The van der Waals surface area contributed by atoms with Crippen molar-refractivity contribution in [2.75, 3.05) is 23.9 Å². The van der Waals surface area contributed by atoms with Crippen molar-refractivity contribution >= 4 is 21.4 Å². The summed E-state index contributed by atoms with van der Waals surface area (Å²) < 4.78 is 27.9. The Labute approximate surface area is 119 Å². The average Bonchev–Trinajstić information content (AvgIpc) is 2.68. The minimum Gasteiger partial charge on any atom is -0.495 e. The quantitative estimate of drug-likeness (QED) is 0.919. The third-order valence-electron chi connectivity index (χ3n) is 3.43. The number of rotatable bonds is 4. The monoisotopic (exact) mass is 297 g/mol. The van der Waals surface area contributed by atoms with E-state index < -0.39 is 9.84 Å². The number of ether oxygens (including phenoxy) is 1. The molecule has 1 aromatic rings. The first-order chi connectivity index (χ1) is 9.39. The fourth-order valence-corrected chi connectivity index (χ4v) is 4.28. The van der Waals surface area contributed by atoms with E-state index in [-0.39, 0.29) is 29.8 Å². The molecule has 110 valence electrons. The molecule has 0 radical (unpaired) electrons. The Kier molecular flexibility index (Phi) is 4.32. The lowest BCUT2D eigenvalue weighted by atomic mass is 10.0. The minimum atomic E-state index is -2.94. The van der Waals surface area contributed by atoms with Gasteiger partial charge in [0.05, 0.1) is 24.3 Å². The van der Waals surface area contributed by atoms with Crippen LogP contribution in [-0.4, -0.2) is 32.9 Å². The van der Waals surface area contributed by atoms with Gasteiger partial charge in [0.25, 0.3) is 0 Å². The van der Waals surface area contributed by atoms with Crippen LogP contribution in [0.15, 0.2) is 18.2 Å². The molecule has 1 N–H and O–H groups in total. The van der Waals surface area contributed by atoms with Gasteiger partial charge in [0.2, 0.25) is 5.91 Å². The highest BCUT2D eigenvalue weighted by Crippen LogP contribution is 2.27. The van der Waals surface area contributed by atoms with Crippen molar-refractivity contribution in [1.29, 1.82) is 0 Å².